The molecule has 0 radical (unpaired) electrons. The minimum atomic E-state index is -1.66. The van der Waals surface area contributed by atoms with Crippen LogP contribution < -0.4 is 18.9 Å². The van der Waals surface area contributed by atoms with Crippen LogP contribution in [0.4, 0.5) is 0 Å². The van der Waals surface area contributed by atoms with Crippen molar-refractivity contribution < 1.29 is 59.1 Å². The van der Waals surface area contributed by atoms with E-state index in [-0.39, 0.29) is 40.8 Å². The van der Waals surface area contributed by atoms with Crippen molar-refractivity contribution in [3.05, 3.63) is 35.4 Å². The van der Waals surface area contributed by atoms with Crippen molar-refractivity contribution in [1.29, 1.82) is 0 Å². The number of hydrogen-bond donors (Lipinski definition) is 6. The summed E-state index contributed by atoms with van der Waals surface area (Å²) < 4.78 is 27.8. The van der Waals surface area contributed by atoms with Crippen LogP contribution in [0, 0.1) is 0 Å². The number of aliphatic hydroxyl groups is 4. The Hall–Kier alpha value is -3.29. The number of fused-ring (bicyclic) bond motifs is 1. The summed E-state index contributed by atoms with van der Waals surface area (Å²) in [4.78, 5) is 12.7. The minimum absolute atomic E-state index is 0.0221. The van der Waals surface area contributed by atoms with Crippen LogP contribution in [-0.4, -0.2) is 88.0 Å². The maximum atomic E-state index is 12.7. The number of aromatic hydroxyl groups is 2. The number of carbonyl (C=O) groups is 1. The molecule has 35 heavy (non-hydrogen) atoms. The fraction of sp³-hybridized carbons (Fsp3) is 0.435. The van der Waals surface area contributed by atoms with Crippen LogP contribution in [0.15, 0.2) is 24.3 Å². The van der Waals surface area contributed by atoms with E-state index < -0.39 is 54.9 Å². The SMILES string of the molecule is COc1cc(C2CC(=O)c3ccc(O)c(O)c3O2)cc(OC)c1OC1OC(CO)C(O)C(O)C1O. The van der Waals surface area contributed by atoms with Gasteiger partial charge in [0.05, 0.1) is 32.8 Å². The molecule has 12 nitrogen and oxygen atoms in total. The van der Waals surface area contributed by atoms with Crippen LogP contribution in [0.3, 0.4) is 0 Å². The number of phenols is 2. The zero-order valence-electron chi connectivity index (χ0n) is 18.8. The lowest BCUT2D eigenvalue weighted by Gasteiger charge is -2.39. The van der Waals surface area contributed by atoms with Crippen molar-refractivity contribution in [2.45, 2.75) is 43.2 Å². The highest BCUT2D eigenvalue weighted by molar-refractivity contribution is 6.01. The molecule has 2 aromatic rings. The molecule has 6 N–H and O–H groups in total. The summed E-state index contributed by atoms with van der Waals surface area (Å²) in [6.45, 7) is -0.630. The molecule has 2 aliphatic rings. The summed E-state index contributed by atoms with van der Waals surface area (Å²) in [6, 6.07) is 5.55. The standard InChI is InChI=1S/C23H26O12/c1-31-14-5-9(13-7-12(26)10-3-4-11(25)17(27)21(10)33-13)6-15(32-2)22(14)35-23-20(30)19(29)18(28)16(8-24)34-23/h3-6,13,16,18-20,23-25,27-30H,7-8H2,1-2H3. The quantitative estimate of drug-likeness (QED) is 0.296. The highest BCUT2D eigenvalue weighted by Gasteiger charge is 2.45. The molecule has 2 aliphatic heterocycles. The fourth-order valence-corrected chi connectivity index (χ4v) is 4.03. The highest BCUT2D eigenvalue weighted by Crippen LogP contribution is 2.47. The van der Waals surface area contributed by atoms with Gasteiger partial charge in [0.2, 0.25) is 17.8 Å². The van der Waals surface area contributed by atoms with Crippen LogP contribution in [0.2, 0.25) is 0 Å². The first-order valence-electron chi connectivity index (χ1n) is 10.7. The number of ketones is 1. The lowest BCUT2D eigenvalue weighted by atomic mass is 9.95. The Kier molecular flexibility index (Phi) is 6.92. The van der Waals surface area contributed by atoms with Gasteiger partial charge in [-0.15, -0.1) is 0 Å². The molecule has 0 aliphatic carbocycles. The molecule has 1 saturated heterocycles. The predicted molar refractivity (Wildman–Crippen MR) is 116 cm³/mol. The van der Waals surface area contributed by atoms with Crippen molar-refractivity contribution >= 4 is 5.78 Å². The average molecular weight is 494 g/mol. The first-order valence-corrected chi connectivity index (χ1v) is 10.7. The number of phenolic OH excluding ortho intramolecular Hbond substituents is 2. The number of rotatable bonds is 6. The average Bonchev–Trinajstić information content (AvgIpc) is 2.86. The van der Waals surface area contributed by atoms with E-state index in [0.717, 1.165) is 0 Å². The van der Waals surface area contributed by atoms with Crippen LogP contribution in [0.1, 0.15) is 28.4 Å². The smallest absolute Gasteiger partial charge is 0.229 e. The third-order valence-electron chi connectivity index (χ3n) is 5.98. The zero-order chi connectivity index (χ0) is 25.4. The second kappa shape index (κ2) is 9.76. The van der Waals surface area contributed by atoms with Crippen LogP contribution in [0.25, 0.3) is 0 Å². The van der Waals surface area contributed by atoms with Crippen molar-refractivity contribution in [1.82, 2.24) is 0 Å². The number of hydrogen-bond acceptors (Lipinski definition) is 12. The predicted octanol–water partition coefficient (Wildman–Crippen LogP) is 0.000200. The number of benzene rings is 2. The molecule has 0 saturated carbocycles. The zero-order valence-corrected chi connectivity index (χ0v) is 18.8. The Labute approximate surface area is 199 Å². The largest absolute Gasteiger partial charge is 0.504 e. The molecular weight excluding hydrogens is 468 g/mol. The van der Waals surface area contributed by atoms with Crippen LogP contribution in [-0.2, 0) is 4.74 Å². The van der Waals surface area contributed by atoms with Gasteiger partial charge < -0.3 is 54.3 Å². The molecule has 2 heterocycles. The van der Waals surface area contributed by atoms with E-state index in [1.54, 1.807) is 0 Å². The van der Waals surface area contributed by atoms with Gasteiger partial charge in [-0.25, -0.2) is 0 Å². The molecule has 0 bridgehead atoms. The Bertz CT molecular complexity index is 1080. The van der Waals surface area contributed by atoms with E-state index in [2.05, 4.69) is 0 Å². The Morgan fingerprint density at radius 1 is 1.00 bits per heavy atom. The summed E-state index contributed by atoms with van der Waals surface area (Å²) in [5.74, 6) is -1.28. The normalized spacial score (nSPS) is 28.1. The second-order valence-electron chi connectivity index (χ2n) is 8.11. The van der Waals surface area contributed by atoms with Crippen molar-refractivity contribution in [3.8, 4) is 34.5 Å². The van der Waals surface area contributed by atoms with Crippen LogP contribution in [0.5, 0.6) is 34.5 Å². The van der Waals surface area contributed by atoms with Gasteiger partial charge in [-0.1, -0.05) is 0 Å². The van der Waals surface area contributed by atoms with E-state index in [0.29, 0.717) is 5.56 Å². The van der Waals surface area contributed by atoms with Gasteiger partial charge in [0.1, 0.15) is 30.5 Å². The topological polar surface area (TPSA) is 185 Å². The third kappa shape index (κ3) is 4.42. The van der Waals surface area contributed by atoms with E-state index in [1.807, 2.05) is 0 Å². The van der Waals surface area contributed by atoms with E-state index in [9.17, 15) is 35.4 Å². The molecule has 190 valence electrons. The van der Waals surface area contributed by atoms with Gasteiger partial charge in [0.25, 0.3) is 0 Å². The first kappa shape index (κ1) is 24.8. The van der Waals surface area contributed by atoms with Gasteiger partial charge in [-0.3, -0.25) is 4.79 Å². The molecule has 1 fully saturated rings. The second-order valence-corrected chi connectivity index (χ2v) is 8.11. The maximum absolute atomic E-state index is 12.7. The summed E-state index contributed by atoms with van der Waals surface area (Å²) in [6.07, 6.45) is -8.47. The molecule has 6 unspecified atom stereocenters. The molecule has 6 atom stereocenters. The molecule has 4 rings (SSSR count). The molecular formula is C23H26O12. The number of aliphatic hydroxyl groups excluding tert-OH is 4. The van der Waals surface area contributed by atoms with Gasteiger partial charge >= 0.3 is 0 Å². The molecule has 0 spiro atoms. The highest BCUT2D eigenvalue weighted by atomic mass is 16.7. The summed E-state index contributed by atoms with van der Waals surface area (Å²) in [5, 5.41) is 59.7. The van der Waals surface area contributed by atoms with E-state index in [4.69, 9.17) is 23.7 Å². The maximum Gasteiger partial charge on any atom is 0.229 e. The van der Waals surface area contributed by atoms with Crippen molar-refractivity contribution in [3.63, 3.8) is 0 Å². The number of Topliss-reactive ketones (excluding diaryl/α,β-unsaturated/α-hetero) is 1. The number of carbonyl (C=O) groups excluding carboxylic acids is 1. The Morgan fingerprint density at radius 2 is 1.66 bits per heavy atom. The first-order chi connectivity index (χ1) is 16.7. The monoisotopic (exact) mass is 494 g/mol. The Balaban J connectivity index is 1.67. The molecule has 12 heteroatoms. The summed E-state index contributed by atoms with van der Waals surface area (Å²) in [5.41, 5.74) is 0.555. The van der Waals surface area contributed by atoms with E-state index in [1.165, 1.54) is 38.5 Å². The van der Waals surface area contributed by atoms with Crippen molar-refractivity contribution in [2.75, 3.05) is 20.8 Å². The third-order valence-corrected chi connectivity index (χ3v) is 5.98. The van der Waals surface area contributed by atoms with Gasteiger partial charge in [0, 0.05) is 5.56 Å². The fourth-order valence-electron chi connectivity index (χ4n) is 4.03. The van der Waals surface area contributed by atoms with Crippen LogP contribution >= 0.6 is 0 Å². The summed E-state index contributed by atoms with van der Waals surface area (Å²) >= 11 is 0. The van der Waals surface area contributed by atoms with Gasteiger partial charge in [0.15, 0.2) is 28.8 Å². The lowest BCUT2D eigenvalue weighted by Crippen LogP contribution is -2.60. The molecule has 0 aromatic heterocycles. The van der Waals surface area contributed by atoms with Gasteiger partial charge in [-0.05, 0) is 24.3 Å². The number of methoxy groups -OCH3 is 2. The minimum Gasteiger partial charge on any atom is -0.504 e. The van der Waals surface area contributed by atoms with Gasteiger partial charge in [-0.2, -0.15) is 0 Å². The van der Waals surface area contributed by atoms with E-state index >= 15 is 0 Å². The molecule has 0 amide bonds. The molecule has 2 aromatic carbocycles. The van der Waals surface area contributed by atoms with Crippen molar-refractivity contribution in [2.24, 2.45) is 0 Å². The number of ether oxygens (including phenoxy) is 5. The Morgan fingerprint density at radius 3 is 2.26 bits per heavy atom. The lowest BCUT2D eigenvalue weighted by molar-refractivity contribution is -0.277. The summed E-state index contributed by atoms with van der Waals surface area (Å²) in [7, 11) is 2.68.